The Bertz CT molecular complexity index is 486. The summed E-state index contributed by atoms with van der Waals surface area (Å²) in [4.78, 5) is 2.21. The van der Waals surface area contributed by atoms with Crippen molar-refractivity contribution in [1.29, 1.82) is 0 Å². The van der Waals surface area contributed by atoms with Gasteiger partial charge in [0, 0.05) is 21.2 Å². The molecule has 2 rings (SSSR count). The van der Waals surface area contributed by atoms with Gasteiger partial charge in [-0.2, -0.15) is 0 Å². The Morgan fingerprint density at radius 3 is 2.38 bits per heavy atom. The molecular weight excluding hydrogens is 236 g/mol. The number of anilines is 2. The maximum atomic E-state index is 5.86. The zero-order chi connectivity index (χ0) is 11.4. The van der Waals surface area contributed by atoms with Crippen molar-refractivity contribution >= 4 is 33.0 Å². The first-order valence-electron chi connectivity index (χ1n) is 4.80. The van der Waals surface area contributed by atoms with Crippen LogP contribution in [0.25, 0.3) is 0 Å². The molecule has 0 amide bonds. The molecule has 0 saturated heterocycles. The van der Waals surface area contributed by atoms with Crippen LogP contribution in [0.4, 0.5) is 11.4 Å². The van der Waals surface area contributed by atoms with E-state index in [0.29, 0.717) is 0 Å². The van der Waals surface area contributed by atoms with Crippen molar-refractivity contribution in [2.24, 2.45) is 0 Å². The zero-order valence-corrected chi connectivity index (χ0v) is 10.2. The fourth-order valence-corrected chi connectivity index (χ4v) is 3.34. The number of rotatable bonds is 3. The highest BCUT2D eigenvalue weighted by atomic mass is 33.1. The third-order valence-corrected chi connectivity index (χ3v) is 4.45. The number of nitrogens with two attached hydrogens (primary N) is 2. The van der Waals surface area contributed by atoms with Gasteiger partial charge >= 0.3 is 0 Å². The molecule has 0 heterocycles. The van der Waals surface area contributed by atoms with E-state index in [1.165, 1.54) is 0 Å². The van der Waals surface area contributed by atoms with Gasteiger partial charge in [0.15, 0.2) is 0 Å². The Labute approximate surface area is 103 Å². The van der Waals surface area contributed by atoms with Crippen molar-refractivity contribution in [1.82, 2.24) is 0 Å². The van der Waals surface area contributed by atoms with E-state index >= 15 is 0 Å². The quantitative estimate of drug-likeness (QED) is 0.643. The molecule has 0 aliphatic heterocycles. The Hall–Kier alpha value is -1.26. The number of nitrogen functional groups attached to an aromatic ring is 2. The fraction of sp³-hybridized carbons (Fsp3) is 0. The van der Waals surface area contributed by atoms with Crippen LogP contribution in [0.15, 0.2) is 58.3 Å². The number of hydrogen-bond donors (Lipinski definition) is 2. The summed E-state index contributed by atoms with van der Waals surface area (Å²) < 4.78 is 0. The second kappa shape index (κ2) is 5.18. The fourth-order valence-electron chi connectivity index (χ4n) is 1.22. The van der Waals surface area contributed by atoms with Crippen molar-refractivity contribution < 1.29 is 0 Å². The lowest BCUT2D eigenvalue weighted by Crippen LogP contribution is -1.86. The smallest absolute Gasteiger partial charge is 0.0461 e. The van der Waals surface area contributed by atoms with E-state index < -0.39 is 0 Å². The van der Waals surface area contributed by atoms with E-state index in [0.717, 1.165) is 21.2 Å². The standard InChI is InChI=1S/C12H12N2S2/c13-9-4-3-5-10(8-9)15-16-12-7-2-1-6-11(12)14/h1-8H,13-14H2. The third-order valence-electron chi connectivity index (χ3n) is 2.00. The molecule has 0 aliphatic rings. The topological polar surface area (TPSA) is 52.0 Å². The Kier molecular flexibility index (Phi) is 3.64. The van der Waals surface area contributed by atoms with E-state index in [1.807, 2.05) is 48.5 Å². The molecule has 0 fully saturated rings. The van der Waals surface area contributed by atoms with Gasteiger partial charge in [0.1, 0.15) is 0 Å². The lowest BCUT2D eigenvalue weighted by atomic mass is 10.3. The molecule has 2 nitrogen and oxygen atoms in total. The molecule has 0 aliphatic carbocycles. The maximum absolute atomic E-state index is 5.86. The van der Waals surface area contributed by atoms with Crippen LogP contribution in [0, 0.1) is 0 Å². The first kappa shape index (κ1) is 11.2. The van der Waals surface area contributed by atoms with E-state index in [2.05, 4.69) is 0 Å². The van der Waals surface area contributed by atoms with Crippen LogP contribution in [-0.4, -0.2) is 0 Å². The molecule has 0 bridgehead atoms. The number of hydrogen-bond acceptors (Lipinski definition) is 4. The van der Waals surface area contributed by atoms with Gasteiger partial charge in [0.05, 0.1) is 0 Å². The Morgan fingerprint density at radius 1 is 0.812 bits per heavy atom. The molecule has 0 atom stereocenters. The summed E-state index contributed by atoms with van der Waals surface area (Å²) in [6.07, 6.45) is 0. The number of para-hydroxylation sites is 1. The van der Waals surface area contributed by atoms with Crippen molar-refractivity contribution in [2.75, 3.05) is 11.5 Å². The predicted molar refractivity (Wildman–Crippen MR) is 73.4 cm³/mol. The van der Waals surface area contributed by atoms with E-state index in [9.17, 15) is 0 Å². The van der Waals surface area contributed by atoms with Crippen LogP contribution >= 0.6 is 21.6 Å². The van der Waals surface area contributed by atoms with Crippen LogP contribution in [0.3, 0.4) is 0 Å². The SMILES string of the molecule is Nc1cccc(SSc2ccccc2N)c1. The van der Waals surface area contributed by atoms with Gasteiger partial charge in [0.2, 0.25) is 0 Å². The molecule has 0 spiro atoms. The minimum Gasteiger partial charge on any atom is -0.399 e. The van der Waals surface area contributed by atoms with Gasteiger partial charge in [-0.25, -0.2) is 0 Å². The van der Waals surface area contributed by atoms with Crippen LogP contribution in [0.5, 0.6) is 0 Å². The van der Waals surface area contributed by atoms with Gasteiger partial charge < -0.3 is 11.5 Å². The molecule has 2 aromatic rings. The lowest BCUT2D eigenvalue weighted by Gasteiger charge is -2.04. The molecule has 2 aromatic carbocycles. The molecule has 0 unspecified atom stereocenters. The summed E-state index contributed by atoms with van der Waals surface area (Å²) >= 11 is 0. The summed E-state index contributed by atoms with van der Waals surface area (Å²) in [7, 11) is 3.30. The van der Waals surface area contributed by atoms with E-state index in [-0.39, 0.29) is 0 Å². The predicted octanol–water partition coefficient (Wildman–Crippen LogP) is 3.65. The monoisotopic (exact) mass is 248 g/mol. The zero-order valence-electron chi connectivity index (χ0n) is 8.59. The summed E-state index contributed by atoms with van der Waals surface area (Å²) in [5.41, 5.74) is 13.2. The van der Waals surface area contributed by atoms with Gasteiger partial charge in [-0.05, 0) is 30.3 Å². The highest BCUT2D eigenvalue weighted by Crippen LogP contribution is 2.40. The van der Waals surface area contributed by atoms with Crippen molar-refractivity contribution in [3.8, 4) is 0 Å². The third kappa shape index (κ3) is 2.87. The molecule has 0 radical (unpaired) electrons. The first-order chi connectivity index (χ1) is 7.75. The first-order valence-corrected chi connectivity index (χ1v) is 6.95. The van der Waals surface area contributed by atoms with Crippen LogP contribution < -0.4 is 11.5 Å². The average molecular weight is 248 g/mol. The van der Waals surface area contributed by atoms with E-state index in [1.54, 1.807) is 21.6 Å². The van der Waals surface area contributed by atoms with Crippen LogP contribution in [0.2, 0.25) is 0 Å². The maximum Gasteiger partial charge on any atom is 0.0461 e. The summed E-state index contributed by atoms with van der Waals surface area (Å²) in [6, 6.07) is 15.7. The minimum absolute atomic E-state index is 0.784. The van der Waals surface area contributed by atoms with Crippen molar-refractivity contribution in [3.63, 3.8) is 0 Å². The highest BCUT2D eigenvalue weighted by molar-refractivity contribution is 8.76. The van der Waals surface area contributed by atoms with Crippen LogP contribution in [0.1, 0.15) is 0 Å². The van der Waals surface area contributed by atoms with Gasteiger partial charge in [-0.15, -0.1) is 0 Å². The Morgan fingerprint density at radius 2 is 1.62 bits per heavy atom. The van der Waals surface area contributed by atoms with Crippen LogP contribution in [-0.2, 0) is 0 Å². The Balaban J connectivity index is 2.05. The molecule has 0 aromatic heterocycles. The summed E-state index contributed by atoms with van der Waals surface area (Å²) in [6.45, 7) is 0. The molecule has 4 N–H and O–H groups in total. The van der Waals surface area contributed by atoms with Gasteiger partial charge in [-0.3, -0.25) is 0 Å². The van der Waals surface area contributed by atoms with Crippen molar-refractivity contribution in [3.05, 3.63) is 48.5 Å². The second-order valence-electron chi connectivity index (χ2n) is 3.28. The normalized spacial score (nSPS) is 10.2. The lowest BCUT2D eigenvalue weighted by molar-refractivity contribution is 1.46. The molecule has 4 heteroatoms. The minimum atomic E-state index is 0.784. The second-order valence-corrected chi connectivity index (χ2v) is 5.52. The highest BCUT2D eigenvalue weighted by Gasteiger charge is 2.00. The average Bonchev–Trinajstić information content (AvgIpc) is 2.28. The summed E-state index contributed by atoms with van der Waals surface area (Å²) in [5.74, 6) is 0. The molecule has 82 valence electrons. The molecular formula is C12H12N2S2. The number of benzene rings is 2. The van der Waals surface area contributed by atoms with Gasteiger partial charge in [0.25, 0.3) is 0 Å². The molecule has 0 saturated carbocycles. The van der Waals surface area contributed by atoms with E-state index in [4.69, 9.17) is 11.5 Å². The van der Waals surface area contributed by atoms with Crippen molar-refractivity contribution in [2.45, 2.75) is 9.79 Å². The molecule has 16 heavy (non-hydrogen) atoms. The van der Waals surface area contributed by atoms with Gasteiger partial charge in [-0.1, -0.05) is 39.8 Å². The largest absolute Gasteiger partial charge is 0.399 e. The summed E-state index contributed by atoms with van der Waals surface area (Å²) in [5, 5.41) is 0.